The predicted octanol–water partition coefficient (Wildman–Crippen LogP) is 3.48. The number of benzene rings is 1. The SMILES string of the molecule is Cc1ccc(N2CC(C(=O)OCC(=O)c3cc(C)n(-c4cc(C)on4)c3C)CC2=O)cc1. The van der Waals surface area contributed by atoms with Gasteiger partial charge in [-0.2, -0.15) is 0 Å². The fourth-order valence-corrected chi connectivity index (χ4v) is 4.03. The van der Waals surface area contributed by atoms with Crippen LogP contribution in [0.15, 0.2) is 40.9 Å². The third-order valence-electron chi connectivity index (χ3n) is 5.73. The third-order valence-corrected chi connectivity index (χ3v) is 5.73. The first-order chi connectivity index (χ1) is 15.2. The number of Topliss-reactive ketones (excluding diaryl/α,β-unsaturated/α-hetero) is 1. The highest BCUT2D eigenvalue weighted by molar-refractivity contribution is 6.01. The second-order valence-electron chi connectivity index (χ2n) is 8.19. The Morgan fingerprint density at radius 2 is 1.84 bits per heavy atom. The number of rotatable bonds is 6. The smallest absolute Gasteiger partial charge is 0.311 e. The molecular weight excluding hydrogens is 410 g/mol. The van der Waals surface area contributed by atoms with Crippen LogP contribution in [0.25, 0.3) is 5.82 Å². The lowest BCUT2D eigenvalue weighted by molar-refractivity contribution is -0.147. The normalized spacial score (nSPS) is 15.9. The van der Waals surface area contributed by atoms with Crippen LogP contribution in [0.5, 0.6) is 0 Å². The Kier molecular flexibility index (Phi) is 5.69. The number of hydrogen-bond acceptors (Lipinski definition) is 6. The van der Waals surface area contributed by atoms with E-state index >= 15 is 0 Å². The lowest BCUT2D eigenvalue weighted by Gasteiger charge is -2.16. The lowest BCUT2D eigenvalue weighted by Crippen LogP contribution is -2.27. The summed E-state index contributed by atoms with van der Waals surface area (Å²) in [5, 5.41) is 4.01. The highest BCUT2D eigenvalue weighted by Crippen LogP contribution is 2.26. The van der Waals surface area contributed by atoms with Crippen LogP contribution in [0.2, 0.25) is 0 Å². The van der Waals surface area contributed by atoms with E-state index in [0.717, 1.165) is 16.9 Å². The molecule has 1 fully saturated rings. The quantitative estimate of drug-likeness (QED) is 0.435. The number of hydrogen-bond donors (Lipinski definition) is 0. The molecule has 3 heterocycles. The number of ether oxygens (including phenoxy) is 1. The van der Waals surface area contributed by atoms with Crippen molar-refractivity contribution in [2.75, 3.05) is 18.1 Å². The Balaban J connectivity index is 1.40. The number of ketones is 1. The topological polar surface area (TPSA) is 94.6 Å². The van der Waals surface area contributed by atoms with E-state index in [0.29, 0.717) is 22.8 Å². The highest BCUT2D eigenvalue weighted by Gasteiger charge is 2.36. The molecule has 1 aromatic carbocycles. The number of aryl methyl sites for hydroxylation is 3. The Morgan fingerprint density at radius 1 is 1.12 bits per heavy atom. The van der Waals surface area contributed by atoms with Crippen LogP contribution < -0.4 is 4.90 Å². The van der Waals surface area contributed by atoms with Gasteiger partial charge in [0.05, 0.1) is 5.92 Å². The molecule has 1 amide bonds. The van der Waals surface area contributed by atoms with Crippen LogP contribution in [0.4, 0.5) is 5.69 Å². The van der Waals surface area contributed by atoms with Crippen LogP contribution in [0.3, 0.4) is 0 Å². The second-order valence-corrected chi connectivity index (χ2v) is 8.19. The molecule has 2 aromatic heterocycles. The van der Waals surface area contributed by atoms with Gasteiger partial charge in [-0.3, -0.25) is 19.0 Å². The summed E-state index contributed by atoms with van der Waals surface area (Å²) in [4.78, 5) is 39.3. The van der Waals surface area contributed by atoms with Crippen molar-refractivity contribution >= 4 is 23.3 Å². The molecule has 0 radical (unpaired) electrons. The van der Waals surface area contributed by atoms with Crippen LogP contribution in [-0.4, -0.2) is 40.5 Å². The maximum Gasteiger partial charge on any atom is 0.311 e. The first-order valence-electron chi connectivity index (χ1n) is 10.4. The van der Waals surface area contributed by atoms with Crippen molar-refractivity contribution in [1.29, 1.82) is 0 Å². The predicted molar refractivity (Wildman–Crippen MR) is 117 cm³/mol. The molecule has 1 unspecified atom stereocenters. The summed E-state index contributed by atoms with van der Waals surface area (Å²) >= 11 is 0. The van der Waals surface area contributed by atoms with Gasteiger partial charge < -0.3 is 14.2 Å². The molecule has 3 aromatic rings. The average molecular weight is 435 g/mol. The van der Waals surface area contributed by atoms with Crippen molar-refractivity contribution in [3.05, 3.63) is 64.7 Å². The maximum atomic E-state index is 12.8. The second kappa shape index (κ2) is 8.45. The molecule has 166 valence electrons. The van der Waals surface area contributed by atoms with Gasteiger partial charge >= 0.3 is 5.97 Å². The number of carbonyl (C=O) groups excluding carboxylic acids is 3. The fourth-order valence-electron chi connectivity index (χ4n) is 4.03. The highest BCUT2D eigenvalue weighted by atomic mass is 16.5. The first-order valence-corrected chi connectivity index (χ1v) is 10.4. The minimum Gasteiger partial charge on any atom is -0.457 e. The van der Waals surface area contributed by atoms with Crippen LogP contribution in [0, 0.1) is 33.6 Å². The van der Waals surface area contributed by atoms with Gasteiger partial charge in [0.1, 0.15) is 5.76 Å². The molecular formula is C24H25N3O5. The van der Waals surface area contributed by atoms with Crippen molar-refractivity contribution in [2.24, 2.45) is 5.92 Å². The third kappa shape index (κ3) is 4.08. The van der Waals surface area contributed by atoms with E-state index in [2.05, 4.69) is 5.16 Å². The van der Waals surface area contributed by atoms with Crippen LogP contribution in [0.1, 0.15) is 39.5 Å². The zero-order valence-electron chi connectivity index (χ0n) is 18.5. The van der Waals surface area contributed by atoms with E-state index in [1.165, 1.54) is 0 Å². The zero-order chi connectivity index (χ0) is 23.0. The van der Waals surface area contributed by atoms with E-state index in [-0.39, 0.29) is 31.3 Å². The molecule has 0 bridgehead atoms. The van der Waals surface area contributed by atoms with Gasteiger partial charge in [0, 0.05) is 41.7 Å². The molecule has 8 nitrogen and oxygen atoms in total. The molecule has 1 atom stereocenters. The number of anilines is 1. The lowest BCUT2D eigenvalue weighted by atomic mass is 10.1. The number of aromatic nitrogens is 2. The molecule has 0 N–H and O–H groups in total. The summed E-state index contributed by atoms with van der Waals surface area (Å²) in [6, 6.07) is 11.1. The average Bonchev–Trinajstić information content (AvgIpc) is 3.43. The van der Waals surface area contributed by atoms with E-state index in [1.54, 1.807) is 30.9 Å². The Hall–Kier alpha value is -3.68. The Bertz CT molecular complexity index is 1190. The monoisotopic (exact) mass is 435 g/mol. The molecule has 32 heavy (non-hydrogen) atoms. The Morgan fingerprint density at radius 3 is 2.50 bits per heavy atom. The summed E-state index contributed by atoms with van der Waals surface area (Å²) in [7, 11) is 0. The van der Waals surface area contributed by atoms with E-state index in [9.17, 15) is 14.4 Å². The molecule has 8 heteroatoms. The van der Waals surface area contributed by atoms with Crippen molar-refractivity contribution < 1.29 is 23.6 Å². The molecule has 0 aliphatic carbocycles. The van der Waals surface area contributed by atoms with E-state index in [1.807, 2.05) is 42.7 Å². The van der Waals surface area contributed by atoms with Crippen molar-refractivity contribution in [1.82, 2.24) is 9.72 Å². The number of esters is 1. The Labute approximate surface area is 185 Å². The van der Waals surface area contributed by atoms with Gasteiger partial charge in [0.15, 0.2) is 12.4 Å². The van der Waals surface area contributed by atoms with E-state index in [4.69, 9.17) is 9.26 Å². The molecule has 1 aliphatic heterocycles. The van der Waals surface area contributed by atoms with Crippen molar-refractivity contribution in [2.45, 2.75) is 34.1 Å². The number of carbonyl (C=O) groups is 3. The summed E-state index contributed by atoms with van der Waals surface area (Å²) in [5.74, 6) is -0.315. The molecule has 4 rings (SSSR count). The van der Waals surface area contributed by atoms with Gasteiger partial charge in [0.25, 0.3) is 0 Å². The molecule has 1 aliphatic rings. The minimum atomic E-state index is -0.595. The molecule has 0 saturated carbocycles. The zero-order valence-corrected chi connectivity index (χ0v) is 18.5. The largest absolute Gasteiger partial charge is 0.457 e. The minimum absolute atomic E-state index is 0.0704. The van der Waals surface area contributed by atoms with E-state index < -0.39 is 11.9 Å². The standard InChI is InChI=1S/C24H25N3O5/c1-14-5-7-19(8-6-14)26-12-18(11-23(26)29)24(30)31-13-21(28)20-9-15(2)27(17(20)4)22-10-16(3)32-25-22/h5-10,18H,11-13H2,1-4H3. The number of nitrogens with zero attached hydrogens (tertiary/aromatic N) is 3. The summed E-state index contributed by atoms with van der Waals surface area (Å²) in [6.07, 6.45) is 0.0704. The van der Waals surface area contributed by atoms with Gasteiger partial charge in [-0.1, -0.05) is 22.9 Å². The van der Waals surface area contributed by atoms with Crippen molar-refractivity contribution in [3.8, 4) is 5.82 Å². The molecule has 1 saturated heterocycles. The van der Waals surface area contributed by atoms with Crippen LogP contribution >= 0.6 is 0 Å². The van der Waals surface area contributed by atoms with Gasteiger partial charge in [-0.15, -0.1) is 0 Å². The first kappa shape index (κ1) is 21.5. The summed E-state index contributed by atoms with van der Waals surface area (Å²) < 4.78 is 12.3. The van der Waals surface area contributed by atoms with Gasteiger partial charge in [-0.25, -0.2) is 0 Å². The number of amides is 1. The van der Waals surface area contributed by atoms with Gasteiger partial charge in [-0.05, 0) is 45.9 Å². The maximum absolute atomic E-state index is 12.8. The van der Waals surface area contributed by atoms with Crippen LogP contribution in [-0.2, 0) is 14.3 Å². The summed E-state index contributed by atoms with van der Waals surface area (Å²) in [5.41, 5.74) is 3.81. The van der Waals surface area contributed by atoms with Gasteiger partial charge in [0.2, 0.25) is 11.7 Å². The fraction of sp³-hybridized carbons (Fsp3) is 0.333. The van der Waals surface area contributed by atoms with Crippen molar-refractivity contribution in [3.63, 3.8) is 0 Å². The molecule has 0 spiro atoms. The summed E-state index contributed by atoms with van der Waals surface area (Å²) in [6.45, 7) is 7.30.